The van der Waals surface area contributed by atoms with Crippen molar-refractivity contribution < 1.29 is 4.79 Å². The van der Waals surface area contributed by atoms with Crippen LogP contribution in [-0.4, -0.2) is 17.3 Å². The standard InChI is InChI=1S/C11H14N2O/c1-8-2-3-9(6-13-8)10(14)11(7-12)4-5-11/h2-3,6H,4-5,7,12H2,1H3. The second-order valence-corrected chi connectivity index (χ2v) is 4.00. The summed E-state index contributed by atoms with van der Waals surface area (Å²) in [7, 11) is 0. The molecule has 0 unspecified atom stereocenters. The van der Waals surface area contributed by atoms with Crippen molar-refractivity contribution >= 4 is 5.78 Å². The van der Waals surface area contributed by atoms with Gasteiger partial charge >= 0.3 is 0 Å². The molecule has 1 aliphatic carbocycles. The van der Waals surface area contributed by atoms with Crippen LogP contribution < -0.4 is 5.73 Å². The zero-order chi connectivity index (χ0) is 10.2. The topological polar surface area (TPSA) is 56.0 Å². The van der Waals surface area contributed by atoms with Gasteiger partial charge in [0.15, 0.2) is 5.78 Å². The van der Waals surface area contributed by atoms with E-state index in [0.29, 0.717) is 12.1 Å². The Hall–Kier alpha value is -1.22. The summed E-state index contributed by atoms with van der Waals surface area (Å²) in [5.41, 5.74) is 6.97. The van der Waals surface area contributed by atoms with Crippen molar-refractivity contribution in [3.05, 3.63) is 29.6 Å². The fraction of sp³-hybridized carbons (Fsp3) is 0.455. The lowest BCUT2D eigenvalue weighted by Gasteiger charge is -2.10. The quantitative estimate of drug-likeness (QED) is 0.731. The van der Waals surface area contributed by atoms with Gasteiger partial charge in [0.2, 0.25) is 0 Å². The number of hydrogen-bond donors (Lipinski definition) is 1. The molecule has 0 aliphatic heterocycles. The Morgan fingerprint density at radius 1 is 1.57 bits per heavy atom. The van der Waals surface area contributed by atoms with Crippen LogP contribution in [-0.2, 0) is 0 Å². The molecule has 0 amide bonds. The van der Waals surface area contributed by atoms with Gasteiger partial charge in [-0.1, -0.05) is 0 Å². The van der Waals surface area contributed by atoms with E-state index in [1.54, 1.807) is 6.20 Å². The van der Waals surface area contributed by atoms with Crippen LogP contribution in [0, 0.1) is 12.3 Å². The third-order valence-corrected chi connectivity index (χ3v) is 2.90. The van der Waals surface area contributed by atoms with Gasteiger partial charge in [0.25, 0.3) is 0 Å². The van der Waals surface area contributed by atoms with Crippen molar-refractivity contribution in [3.8, 4) is 0 Å². The van der Waals surface area contributed by atoms with Crippen LogP contribution in [0.3, 0.4) is 0 Å². The van der Waals surface area contributed by atoms with Crippen LogP contribution in [0.2, 0.25) is 0 Å². The largest absolute Gasteiger partial charge is 0.329 e. The first-order valence-electron chi connectivity index (χ1n) is 4.85. The number of aryl methyl sites for hydroxylation is 1. The highest BCUT2D eigenvalue weighted by Gasteiger charge is 2.48. The maximum Gasteiger partial charge on any atom is 0.171 e. The number of carbonyl (C=O) groups is 1. The Balaban J connectivity index is 2.23. The maximum atomic E-state index is 12.0. The van der Waals surface area contributed by atoms with E-state index < -0.39 is 0 Å². The van der Waals surface area contributed by atoms with E-state index in [0.717, 1.165) is 18.5 Å². The van der Waals surface area contributed by atoms with Crippen molar-refractivity contribution in [2.45, 2.75) is 19.8 Å². The number of rotatable bonds is 3. The molecule has 1 aromatic rings. The summed E-state index contributed by atoms with van der Waals surface area (Å²) in [5, 5.41) is 0. The van der Waals surface area contributed by atoms with Crippen LogP contribution in [0.15, 0.2) is 18.3 Å². The molecule has 1 saturated carbocycles. The number of aromatic nitrogens is 1. The van der Waals surface area contributed by atoms with E-state index in [-0.39, 0.29) is 11.2 Å². The Bertz CT molecular complexity index is 352. The van der Waals surface area contributed by atoms with Gasteiger partial charge in [-0.05, 0) is 31.9 Å². The molecule has 0 radical (unpaired) electrons. The normalized spacial score (nSPS) is 17.9. The number of pyridine rings is 1. The number of ketones is 1. The minimum Gasteiger partial charge on any atom is -0.329 e. The molecule has 2 N–H and O–H groups in total. The predicted molar refractivity (Wildman–Crippen MR) is 54.0 cm³/mol. The van der Waals surface area contributed by atoms with Crippen molar-refractivity contribution in [1.29, 1.82) is 0 Å². The molecule has 14 heavy (non-hydrogen) atoms. The van der Waals surface area contributed by atoms with Crippen LogP contribution >= 0.6 is 0 Å². The summed E-state index contributed by atoms with van der Waals surface area (Å²) in [6.07, 6.45) is 3.50. The Labute approximate surface area is 83.3 Å². The highest BCUT2D eigenvalue weighted by atomic mass is 16.1. The summed E-state index contributed by atoms with van der Waals surface area (Å²) in [6, 6.07) is 3.69. The molecular formula is C11H14N2O. The van der Waals surface area contributed by atoms with E-state index >= 15 is 0 Å². The summed E-state index contributed by atoms with van der Waals surface area (Å²) in [4.78, 5) is 16.1. The fourth-order valence-corrected chi connectivity index (χ4v) is 1.58. The predicted octanol–water partition coefficient (Wildman–Crippen LogP) is 1.31. The maximum absolute atomic E-state index is 12.0. The molecule has 0 spiro atoms. The van der Waals surface area contributed by atoms with Gasteiger partial charge in [0.05, 0.1) is 0 Å². The summed E-state index contributed by atoms with van der Waals surface area (Å²) < 4.78 is 0. The zero-order valence-corrected chi connectivity index (χ0v) is 8.29. The minimum absolute atomic E-state index is 0.160. The third-order valence-electron chi connectivity index (χ3n) is 2.90. The molecule has 74 valence electrons. The summed E-state index contributed by atoms with van der Waals surface area (Å²) in [5.74, 6) is 0.160. The second-order valence-electron chi connectivity index (χ2n) is 4.00. The van der Waals surface area contributed by atoms with Crippen LogP contribution in [0.4, 0.5) is 0 Å². The Morgan fingerprint density at radius 2 is 2.29 bits per heavy atom. The number of Topliss-reactive ketones (excluding diaryl/α,β-unsaturated/α-hetero) is 1. The smallest absolute Gasteiger partial charge is 0.171 e. The molecule has 1 heterocycles. The number of carbonyl (C=O) groups excluding carboxylic acids is 1. The molecule has 3 nitrogen and oxygen atoms in total. The summed E-state index contributed by atoms with van der Waals surface area (Å²) in [6.45, 7) is 2.36. The fourth-order valence-electron chi connectivity index (χ4n) is 1.58. The van der Waals surface area contributed by atoms with Crippen molar-refractivity contribution in [2.24, 2.45) is 11.1 Å². The lowest BCUT2D eigenvalue weighted by atomic mass is 9.96. The van der Waals surface area contributed by atoms with Gasteiger partial charge in [-0.3, -0.25) is 9.78 Å². The molecule has 3 heteroatoms. The van der Waals surface area contributed by atoms with Crippen LogP contribution in [0.5, 0.6) is 0 Å². The molecule has 0 bridgehead atoms. The van der Waals surface area contributed by atoms with E-state index in [1.807, 2.05) is 19.1 Å². The lowest BCUT2D eigenvalue weighted by Crippen LogP contribution is -2.25. The molecular weight excluding hydrogens is 176 g/mol. The third kappa shape index (κ3) is 1.44. The van der Waals surface area contributed by atoms with Gasteiger partial charge in [-0.25, -0.2) is 0 Å². The molecule has 2 rings (SSSR count). The van der Waals surface area contributed by atoms with Gasteiger partial charge in [0.1, 0.15) is 0 Å². The van der Waals surface area contributed by atoms with Gasteiger partial charge < -0.3 is 5.73 Å². The van der Waals surface area contributed by atoms with Crippen molar-refractivity contribution in [3.63, 3.8) is 0 Å². The molecule has 1 aliphatic rings. The molecule has 0 saturated heterocycles. The monoisotopic (exact) mass is 190 g/mol. The first-order chi connectivity index (χ1) is 6.68. The molecule has 0 aromatic carbocycles. The van der Waals surface area contributed by atoms with E-state index in [1.165, 1.54) is 0 Å². The highest BCUT2D eigenvalue weighted by molar-refractivity contribution is 6.02. The SMILES string of the molecule is Cc1ccc(C(=O)C2(CN)CC2)cn1. The summed E-state index contributed by atoms with van der Waals surface area (Å²) >= 11 is 0. The van der Waals surface area contributed by atoms with Gasteiger partial charge in [-0.2, -0.15) is 0 Å². The first kappa shape index (κ1) is 9.34. The van der Waals surface area contributed by atoms with E-state index in [2.05, 4.69) is 4.98 Å². The first-order valence-corrected chi connectivity index (χ1v) is 4.85. The van der Waals surface area contributed by atoms with Crippen molar-refractivity contribution in [1.82, 2.24) is 4.98 Å². The number of nitrogens with two attached hydrogens (primary N) is 1. The van der Waals surface area contributed by atoms with Gasteiger partial charge in [-0.15, -0.1) is 0 Å². The van der Waals surface area contributed by atoms with Crippen LogP contribution in [0.25, 0.3) is 0 Å². The second kappa shape index (κ2) is 3.17. The minimum atomic E-state index is -0.253. The highest BCUT2D eigenvalue weighted by Crippen LogP contribution is 2.47. The lowest BCUT2D eigenvalue weighted by molar-refractivity contribution is 0.0905. The number of nitrogens with zero attached hydrogens (tertiary/aromatic N) is 1. The van der Waals surface area contributed by atoms with Crippen molar-refractivity contribution in [2.75, 3.05) is 6.54 Å². The molecule has 0 atom stereocenters. The number of hydrogen-bond acceptors (Lipinski definition) is 3. The Morgan fingerprint density at radius 3 is 2.71 bits per heavy atom. The van der Waals surface area contributed by atoms with Crippen LogP contribution in [0.1, 0.15) is 28.9 Å². The van der Waals surface area contributed by atoms with E-state index in [4.69, 9.17) is 5.73 Å². The average Bonchev–Trinajstić information content (AvgIpc) is 2.99. The Kier molecular flexibility index (Phi) is 2.11. The molecule has 1 aromatic heterocycles. The molecule has 1 fully saturated rings. The average molecular weight is 190 g/mol. The zero-order valence-electron chi connectivity index (χ0n) is 8.29. The van der Waals surface area contributed by atoms with Gasteiger partial charge in [0, 0.05) is 29.4 Å². The van der Waals surface area contributed by atoms with E-state index in [9.17, 15) is 4.79 Å².